The maximum absolute atomic E-state index is 12.3. The molecule has 0 bridgehead atoms. The van der Waals surface area contributed by atoms with Crippen LogP contribution in [0.25, 0.3) is 5.69 Å². The molecule has 6 nitrogen and oxygen atoms in total. The number of nitrogens with zero attached hydrogens (tertiary/aromatic N) is 2. The van der Waals surface area contributed by atoms with Crippen LogP contribution in [0.4, 0.5) is 8.78 Å². The molecule has 0 amide bonds. The molecule has 2 rings (SSSR count). The zero-order valence-electron chi connectivity index (χ0n) is 9.77. The Hall–Kier alpha value is -2.29. The lowest BCUT2D eigenvalue weighted by Crippen LogP contribution is -2.19. The van der Waals surface area contributed by atoms with E-state index in [9.17, 15) is 22.0 Å². The molecule has 0 saturated heterocycles. The van der Waals surface area contributed by atoms with Crippen LogP contribution in [0.1, 0.15) is 0 Å². The molecule has 1 heterocycles. The highest BCUT2D eigenvalue weighted by molar-refractivity contribution is 7.91. The van der Waals surface area contributed by atoms with Crippen LogP contribution >= 0.6 is 0 Å². The first kappa shape index (κ1) is 14.1. The lowest BCUT2D eigenvalue weighted by atomic mass is 10.3. The summed E-state index contributed by atoms with van der Waals surface area (Å²) in [5.41, 5.74) is -0.460. The number of aromatic hydroxyl groups is 1. The van der Waals surface area contributed by atoms with E-state index in [2.05, 4.69) is 5.10 Å². The maximum atomic E-state index is 12.3. The van der Waals surface area contributed by atoms with Crippen molar-refractivity contribution in [2.45, 2.75) is 10.7 Å². The van der Waals surface area contributed by atoms with Crippen LogP contribution < -0.4 is 5.56 Å². The average molecular weight is 302 g/mol. The van der Waals surface area contributed by atoms with E-state index in [4.69, 9.17) is 5.11 Å². The molecule has 0 saturated carbocycles. The van der Waals surface area contributed by atoms with Crippen molar-refractivity contribution in [1.29, 1.82) is 0 Å². The second kappa shape index (κ2) is 5.00. The first-order chi connectivity index (χ1) is 9.32. The fourth-order valence-corrected chi connectivity index (χ4v) is 2.19. The molecule has 0 atom stereocenters. The highest BCUT2D eigenvalue weighted by atomic mass is 32.2. The predicted molar refractivity (Wildman–Crippen MR) is 64.7 cm³/mol. The summed E-state index contributed by atoms with van der Waals surface area (Å²) in [5, 5.41) is 12.7. The van der Waals surface area contributed by atoms with Gasteiger partial charge in [-0.05, 0) is 24.3 Å². The number of hydrogen-bond acceptors (Lipinski definition) is 5. The van der Waals surface area contributed by atoms with Gasteiger partial charge in [0.15, 0.2) is 0 Å². The number of benzene rings is 1. The van der Waals surface area contributed by atoms with Gasteiger partial charge in [-0.2, -0.15) is 18.6 Å². The first-order valence-electron chi connectivity index (χ1n) is 5.23. The molecular weight excluding hydrogens is 294 g/mol. The van der Waals surface area contributed by atoms with Gasteiger partial charge in [-0.15, -0.1) is 0 Å². The summed E-state index contributed by atoms with van der Waals surface area (Å²) in [7, 11) is -4.67. The lowest BCUT2D eigenvalue weighted by molar-refractivity contribution is 0.234. The van der Waals surface area contributed by atoms with Crippen LogP contribution in [0.2, 0.25) is 0 Å². The van der Waals surface area contributed by atoms with Crippen molar-refractivity contribution in [3.8, 4) is 11.4 Å². The smallest absolute Gasteiger partial charge is 0.341 e. The summed E-state index contributed by atoms with van der Waals surface area (Å²) in [4.78, 5) is 11.0. The summed E-state index contributed by atoms with van der Waals surface area (Å²) in [6.45, 7) is 0. The largest absolute Gasteiger partial charge is 0.506 e. The molecular formula is C11H8F2N2O4S. The second-order valence-electron chi connectivity index (χ2n) is 3.76. The normalized spacial score (nSPS) is 11.8. The van der Waals surface area contributed by atoms with Crippen LogP contribution in [-0.2, 0) is 9.84 Å². The molecule has 0 aliphatic rings. The van der Waals surface area contributed by atoms with Crippen LogP contribution in [0.15, 0.2) is 46.2 Å². The van der Waals surface area contributed by atoms with Crippen molar-refractivity contribution < 1.29 is 22.3 Å². The molecule has 106 valence electrons. The molecule has 0 fully saturated rings. The van der Waals surface area contributed by atoms with Gasteiger partial charge in [0.2, 0.25) is 9.84 Å². The lowest BCUT2D eigenvalue weighted by Gasteiger charge is -2.06. The molecule has 9 heteroatoms. The first-order valence-corrected chi connectivity index (χ1v) is 6.78. The maximum Gasteiger partial charge on any atom is 0.341 e. The van der Waals surface area contributed by atoms with Gasteiger partial charge in [0, 0.05) is 6.07 Å². The van der Waals surface area contributed by atoms with Gasteiger partial charge in [-0.25, -0.2) is 8.42 Å². The van der Waals surface area contributed by atoms with E-state index in [0.29, 0.717) is 0 Å². The number of halogens is 2. The molecule has 0 aliphatic heterocycles. The van der Waals surface area contributed by atoms with Crippen molar-refractivity contribution in [3.05, 3.63) is 46.9 Å². The van der Waals surface area contributed by atoms with E-state index in [1.807, 2.05) is 0 Å². The van der Waals surface area contributed by atoms with E-state index in [1.54, 1.807) is 0 Å². The van der Waals surface area contributed by atoms with Crippen LogP contribution in [0, 0.1) is 0 Å². The molecule has 1 N–H and O–H groups in total. The Bertz CT molecular complexity index is 785. The van der Waals surface area contributed by atoms with Crippen molar-refractivity contribution in [2.75, 3.05) is 0 Å². The number of alkyl halides is 2. The number of rotatable bonds is 3. The number of hydrogen-bond donors (Lipinski definition) is 1. The van der Waals surface area contributed by atoms with Crippen molar-refractivity contribution in [2.24, 2.45) is 0 Å². The molecule has 0 radical (unpaired) electrons. The summed E-state index contributed by atoms with van der Waals surface area (Å²) < 4.78 is 48.0. The standard InChI is InChI=1S/C11H8F2N2O4S/c12-11(13)20(18,19)9-3-1-7(2-4-9)15-10(17)5-8(16)6-14-15/h1-6,11,16H. The Morgan fingerprint density at radius 2 is 1.80 bits per heavy atom. The third-order valence-electron chi connectivity index (χ3n) is 2.43. The van der Waals surface area contributed by atoms with Crippen LogP contribution in [0.3, 0.4) is 0 Å². The van der Waals surface area contributed by atoms with Gasteiger partial charge in [0.05, 0.1) is 16.8 Å². The van der Waals surface area contributed by atoms with Crippen molar-refractivity contribution in [3.63, 3.8) is 0 Å². The van der Waals surface area contributed by atoms with Gasteiger partial charge in [-0.1, -0.05) is 0 Å². The fourth-order valence-electron chi connectivity index (χ4n) is 1.47. The predicted octanol–water partition coefficient (Wildman–Crippen LogP) is 0.934. The Labute approximate surface area is 111 Å². The Morgan fingerprint density at radius 1 is 1.20 bits per heavy atom. The van der Waals surface area contributed by atoms with Gasteiger partial charge in [0.25, 0.3) is 5.56 Å². The topological polar surface area (TPSA) is 89.3 Å². The summed E-state index contributed by atoms with van der Waals surface area (Å²) in [6.07, 6.45) is 1.02. The van der Waals surface area contributed by atoms with Gasteiger partial charge < -0.3 is 5.11 Å². The Balaban J connectivity index is 2.46. The second-order valence-corrected chi connectivity index (χ2v) is 5.68. The Kier molecular flexibility index (Phi) is 3.53. The SMILES string of the molecule is O=c1cc(O)cnn1-c1ccc(S(=O)(=O)C(F)F)cc1. The third kappa shape index (κ3) is 2.52. The minimum absolute atomic E-state index is 0.184. The van der Waals surface area contributed by atoms with E-state index >= 15 is 0 Å². The minimum atomic E-state index is -4.67. The van der Waals surface area contributed by atoms with E-state index < -0.39 is 26.0 Å². The molecule has 1 aromatic carbocycles. The molecule has 0 aliphatic carbocycles. The highest BCUT2D eigenvalue weighted by Crippen LogP contribution is 2.19. The minimum Gasteiger partial charge on any atom is -0.506 e. The zero-order chi connectivity index (χ0) is 14.9. The number of aromatic nitrogens is 2. The summed E-state index contributed by atoms with van der Waals surface area (Å²) in [5.74, 6) is -3.83. The molecule has 0 unspecified atom stereocenters. The van der Waals surface area contributed by atoms with Crippen molar-refractivity contribution in [1.82, 2.24) is 9.78 Å². The van der Waals surface area contributed by atoms with Gasteiger partial charge in [-0.3, -0.25) is 4.79 Å². The quantitative estimate of drug-likeness (QED) is 0.911. The average Bonchev–Trinajstić information content (AvgIpc) is 2.38. The molecule has 1 aromatic heterocycles. The van der Waals surface area contributed by atoms with Gasteiger partial charge >= 0.3 is 5.76 Å². The monoisotopic (exact) mass is 302 g/mol. The van der Waals surface area contributed by atoms with E-state index in [-0.39, 0.29) is 11.4 Å². The summed E-state index contributed by atoms with van der Waals surface area (Å²) in [6, 6.07) is 5.16. The van der Waals surface area contributed by atoms with E-state index in [0.717, 1.165) is 29.1 Å². The van der Waals surface area contributed by atoms with Crippen LogP contribution in [0.5, 0.6) is 5.75 Å². The molecule has 20 heavy (non-hydrogen) atoms. The molecule has 0 spiro atoms. The van der Waals surface area contributed by atoms with Crippen molar-refractivity contribution >= 4 is 9.84 Å². The fraction of sp³-hybridized carbons (Fsp3) is 0.0909. The Morgan fingerprint density at radius 3 is 2.30 bits per heavy atom. The van der Waals surface area contributed by atoms with E-state index in [1.165, 1.54) is 12.1 Å². The third-order valence-corrected chi connectivity index (χ3v) is 3.83. The highest BCUT2D eigenvalue weighted by Gasteiger charge is 2.26. The molecule has 2 aromatic rings. The summed E-state index contributed by atoms with van der Waals surface area (Å²) >= 11 is 0. The zero-order valence-corrected chi connectivity index (χ0v) is 10.6. The van der Waals surface area contributed by atoms with Gasteiger partial charge in [0.1, 0.15) is 5.75 Å². The van der Waals surface area contributed by atoms with Crippen LogP contribution in [-0.4, -0.2) is 29.1 Å². The number of sulfone groups is 1.